The number of thiol groups is 1. The summed E-state index contributed by atoms with van der Waals surface area (Å²) in [6.07, 6.45) is 5.95. The molecule has 0 bridgehead atoms. The zero-order valence-electron chi connectivity index (χ0n) is 8.36. The van der Waals surface area contributed by atoms with Gasteiger partial charge in [-0.05, 0) is 29.7 Å². The molecule has 0 aromatic rings. The summed E-state index contributed by atoms with van der Waals surface area (Å²) < 4.78 is 7.78. The van der Waals surface area contributed by atoms with E-state index in [0.717, 1.165) is 12.8 Å². The van der Waals surface area contributed by atoms with Crippen LogP contribution in [0.1, 0.15) is 32.1 Å². The fourth-order valence-electron chi connectivity index (χ4n) is 1.99. The Labute approximate surface area is 94.3 Å². The number of rotatable bonds is 4. The summed E-state index contributed by atoms with van der Waals surface area (Å²) in [4.78, 5) is 11.5. The van der Waals surface area contributed by atoms with Crippen LogP contribution in [0.5, 0.6) is 0 Å². The van der Waals surface area contributed by atoms with Crippen LogP contribution in [0.25, 0.3) is 0 Å². The minimum atomic E-state index is -0.192. The number of ether oxygens (including phenoxy) is 1. The van der Waals surface area contributed by atoms with Crippen molar-refractivity contribution in [2.75, 3.05) is 7.11 Å². The van der Waals surface area contributed by atoms with Crippen molar-refractivity contribution < 1.29 is 9.53 Å². The SMILES string of the molecule is COC(=O)[C@H](NSS)C1CCCCC1. The third-order valence-corrected chi connectivity index (χ3v) is 3.43. The van der Waals surface area contributed by atoms with Crippen molar-refractivity contribution >= 4 is 28.6 Å². The number of hydrogen-bond donors (Lipinski definition) is 2. The van der Waals surface area contributed by atoms with Gasteiger partial charge in [-0.2, -0.15) is 0 Å². The lowest BCUT2D eigenvalue weighted by atomic mass is 9.84. The van der Waals surface area contributed by atoms with Crippen LogP contribution in [0.3, 0.4) is 0 Å². The molecule has 1 fully saturated rings. The quantitative estimate of drug-likeness (QED) is 0.339. The third kappa shape index (κ3) is 3.37. The first kappa shape index (κ1) is 12.2. The Morgan fingerprint density at radius 1 is 1.50 bits per heavy atom. The summed E-state index contributed by atoms with van der Waals surface area (Å²) in [5.74, 6) is 0.245. The normalized spacial score (nSPS) is 20.4. The van der Waals surface area contributed by atoms with Crippen molar-refractivity contribution in [3.05, 3.63) is 0 Å². The van der Waals surface area contributed by atoms with E-state index in [2.05, 4.69) is 16.4 Å². The molecule has 1 N–H and O–H groups in total. The largest absolute Gasteiger partial charge is 0.468 e. The molecule has 1 saturated carbocycles. The second kappa shape index (κ2) is 6.58. The molecular weight excluding hydrogens is 218 g/mol. The smallest absolute Gasteiger partial charge is 0.324 e. The van der Waals surface area contributed by atoms with Crippen LogP contribution in [0, 0.1) is 5.92 Å². The van der Waals surface area contributed by atoms with Gasteiger partial charge in [0.05, 0.1) is 7.11 Å². The van der Waals surface area contributed by atoms with Crippen LogP contribution in [0.15, 0.2) is 0 Å². The van der Waals surface area contributed by atoms with E-state index in [0.29, 0.717) is 5.92 Å². The molecule has 0 heterocycles. The average Bonchev–Trinajstić information content (AvgIpc) is 2.26. The monoisotopic (exact) mass is 235 g/mol. The standard InChI is InChI=1S/C9H17NO2S2/c1-12-9(11)8(10-14-13)7-5-3-2-4-6-7/h7-8,10,13H,2-6H2,1H3/t8-/m1/s1. The van der Waals surface area contributed by atoms with Gasteiger partial charge < -0.3 is 4.74 Å². The predicted octanol–water partition coefficient (Wildman–Crippen LogP) is 2.19. The van der Waals surface area contributed by atoms with Crippen LogP contribution >= 0.6 is 22.6 Å². The van der Waals surface area contributed by atoms with E-state index < -0.39 is 0 Å². The first-order chi connectivity index (χ1) is 6.79. The van der Waals surface area contributed by atoms with Crippen LogP contribution in [0.2, 0.25) is 0 Å². The summed E-state index contributed by atoms with van der Waals surface area (Å²) >= 11 is 4.01. The second-order valence-corrected chi connectivity index (χ2v) is 4.57. The molecular formula is C9H17NO2S2. The highest BCUT2D eigenvalue weighted by Crippen LogP contribution is 2.28. The van der Waals surface area contributed by atoms with Crippen LogP contribution < -0.4 is 4.72 Å². The molecule has 1 rings (SSSR count). The number of hydrogen-bond acceptors (Lipinski definition) is 5. The van der Waals surface area contributed by atoms with Crippen LogP contribution in [-0.4, -0.2) is 19.1 Å². The summed E-state index contributed by atoms with van der Waals surface area (Å²) in [5.41, 5.74) is 0. The molecule has 1 aliphatic rings. The fourth-order valence-corrected chi connectivity index (χ4v) is 2.73. The maximum atomic E-state index is 11.5. The highest BCUT2D eigenvalue weighted by molar-refractivity contribution is 8.67. The van der Waals surface area contributed by atoms with Gasteiger partial charge in [-0.1, -0.05) is 30.9 Å². The van der Waals surface area contributed by atoms with Gasteiger partial charge in [-0.3, -0.25) is 4.79 Å². The van der Waals surface area contributed by atoms with E-state index in [1.807, 2.05) is 0 Å². The van der Waals surface area contributed by atoms with E-state index in [-0.39, 0.29) is 12.0 Å². The number of methoxy groups -OCH3 is 1. The number of nitrogens with one attached hydrogen (secondary N) is 1. The molecule has 0 radical (unpaired) electrons. The van der Waals surface area contributed by atoms with Gasteiger partial charge >= 0.3 is 5.97 Å². The Balaban J connectivity index is 2.50. The molecule has 82 valence electrons. The Hall–Kier alpha value is 0.130. The van der Waals surface area contributed by atoms with Gasteiger partial charge in [0.25, 0.3) is 0 Å². The molecule has 0 aromatic heterocycles. The Morgan fingerprint density at radius 2 is 2.14 bits per heavy atom. The molecule has 3 nitrogen and oxygen atoms in total. The Kier molecular flexibility index (Phi) is 5.74. The van der Waals surface area contributed by atoms with Gasteiger partial charge in [0.2, 0.25) is 0 Å². The van der Waals surface area contributed by atoms with Crippen molar-refractivity contribution in [3.63, 3.8) is 0 Å². The molecule has 0 aliphatic heterocycles. The van der Waals surface area contributed by atoms with Gasteiger partial charge in [-0.15, -0.1) is 0 Å². The number of esters is 1. The summed E-state index contributed by atoms with van der Waals surface area (Å²) in [5, 5.41) is 0. The van der Waals surface area contributed by atoms with Crippen LogP contribution in [-0.2, 0) is 9.53 Å². The van der Waals surface area contributed by atoms with Crippen molar-refractivity contribution in [2.45, 2.75) is 38.1 Å². The van der Waals surface area contributed by atoms with Crippen molar-refractivity contribution in [1.29, 1.82) is 0 Å². The number of carbonyl (C=O) groups excluding carboxylic acids is 1. The maximum Gasteiger partial charge on any atom is 0.324 e. The maximum absolute atomic E-state index is 11.5. The summed E-state index contributed by atoms with van der Waals surface area (Å²) in [6.45, 7) is 0. The lowest BCUT2D eigenvalue weighted by Crippen LogP contribution is -2.40. The minimum Gasteiger partial charge on any atom is -0.468 e. The zero-order chi connectivity index (χ0) is 10.4. The van der Waals surface area contributed by atoms with Gasteiger partial charge in [0.15, 0.2) is 0 Å². The van der Waals surface area contributed by atoms with Crippen LogP contribution in [0.4, 0.5) is 0 Å². The van der Waals surface area contributed by atoms with E-state index in [1.54, 1.807) is 0 Å². The van der Waals surface area contributed by atoms with E-state index >= 15 is 0 Å². The highest BCUT2D eigenvalue weighted by Gasteiger charge is 2.29. The van der Waals surface area contributed by atoms with Gasteiger partial charge in [0, 0.05) is 0 Å². The Morgan fingerprint density at radius 3 is 2.64 bits per heavy atom. The zero-order valence-corrected chi connectivity index (χ0v) is 10.1. The van der Waals surface area contributed by atoms with Crippen molar-refractivity contribution in [2.24, 2.45) is 5.92 Å². The van der Waals surface area contributed by atoms with E-state index in [1.165, 1.54) is 37.4 Å². The molecule has 5 heteroatoms. The number of carbonyl (C=O) groups is 1. The topological polar surface area (TPSA) is 38.3 Å². The first-order valence-corrected chi connectivity index (χ1v) is 6.80. The summed E-state index contributed by atoms with van der Waals surface area (Å²) in [6, 6.07) is -0.192. The molecule has 0 aromatic carbocycles. The van der Waals surface area contributed by atoms with Crippen molar-refractivity contribution in [1.82, 2.24) is 4.72 Å². The summed E-state index contributed by atoms with van der Waals surface area (Å²) in [7, 11) is 2.62. The fraction of sp³-hybridized carbons (Fsp3) is 0.889. The molecule has 0 spiro atoms. The second-order valence-electron chi connectivity index (χ2n) is 3.61. The first-order valence-electron chi connectivity index (χ1n) is 4.93. The molecule has 14 heavy (non-hydrogen) atoms. The highest BCUT2D eigenvalue weighted by atomic mass is 33.1. The van der Waals surface area contributed by atoms with Crippen molar-refractivity contribution in [3.8, 4) is 0 Å². The van der Waals surface area contributed by atoms with Gasteiger partial charge in [0.1, 0.15) is 6.04 Å². The predicted molar refractivity (Wildman–Crippen MR) is 62.1 cm³/mol. The molecule has 1 atom stereocenters. The molecule has 0 amide bonds. The Bertz CT molecular complexity index is 184. The molecule has 0 saturated heterocycles. The van der Waals surface area contributed by atoms with E-state index in [4.69, 9.17) is 4.74 Å². The third-order valence-electron chi connectivity index (χ3n) is 2.76. The molecule has 1 aliphatic carbocycles. The lowest BCUT2D eigenvalue weighted by Gasteiger charge is -2.28. The van der Waals surface area contributed by atoms with E-state index in [9.17, 15) is 4.79 Å². The minimum absolute atomic E-state index is 0.168. The average molecular weight is 235 g/mol. The van der Waals surface area contributed by atoms with Gasteiger partial charge in [-0.25, -0.2) is 4.72 Å². The lowest BCUT2D eigenvalue weighted by molar-refractivity contribution is -0.144. The molecule has 0 unspecified atom stereocenters.